The Morgan fingerprint density at radius 3 is 2.76 bits per heavy atom. The lowest BCUT2D eigenvalue weighted by atomic mass is 10.2. The summed E-state index contributed by atoms with van der Waals surface area (Å²) in [6.45, 7) is 0.872. The highest BCUT2D eigenvalue weighted by Gasteiger charge is 2.01. The van der Waals surface area contributed by atoms with Crippen LogP contribution in [0.5, 0.6) is 0 Å². The molecule has 0 heterocycles. The van der Waals surface area contributed by atoms with E-state index in [1.54, 1.807) is 6.08 Å². The second-order valence-electron chi connectivity index (χ2n) is 3.24. The van der Waals surface area contributed by atoms with Crippen molar-refractivity contribution in [3.05, 3.63) is 34.8 Å². The zero-order valence-corrected chi connectivity index (χ0v) is 10.7. The molecule has 1 aromatic rings. The first-order valence-corrected chi connectivity index (χ1v) is 5.80. The van der Waals surface area contributed by atoms with Crippen LogP contribution in [0.15, 0.2) is 34.8 Å². The van der Waals surface area contributed by atoms with Gasteiger partial charge in [-0.3, -0.25) is 0 Å². The summed E-state index contributed by atoms with van der Waals surface area (Å²) in [5, 5.41) is 13.7. The number of hydrogen-bond acceptors (Lipinski definition) is 3. The number of halogens is 1. The van der Waals surface area contributed by atoms with Gasteiger partial charge < -0.3 is 21.5 Å². The average Bonchev–Trinajstić information content (AvgIpc) is 2.26. The molecule has 6 heteroatoms. The number of anilines is 2. The Morgan fingerprint density at radius 1 is 1.41 bits per heavy atom. The molecule has 0 spiro atoms. The van der Waals surface area contributed by atoms with Gasteiger partial charge in [0.05, 0.1) is 11.4 Å². The van der Waals surface area contributed by atoms with Crippen molar-refractivity contribution in [1.82, 2.24) is 5.32 Å². The van der Waals surface area contributed by atoms with E-state index in [2.05, 4.69) is 26.6 Å². The molecule has 1 amide bonds. The maximum Gasteiger partial charge on any atom is 0.404 e. The van der Waals surface area contributed by atoms with Crippen molar-refractivity contribution < 1.29 is 9.90 Å². The summed E-state index contributed by atoms with van der Waals surface area (Å²) in [7, 11) is 0. The smallest absolute Gasteiger partial charge is 0.404 e. The Morgan fingerprint density at radius 2 is 2.12 bits per heavy atom. The van der Waals surface area contributed by atoms with E-state index >= 15 is 0 Å². The minimum Gasteiger partial charge on any atom is -0.465 e. The molecule has 1 aromatic carbocycles. The highest BCUT2D eigenvalue weighted by atomic mass is 79.9. The molecule has 0 fully saturated rings. The number of amides is 1. The minimum atomic E-state index is -1.03. The van der Waals surface area contributed by atoms with Gasteiger partial charge in [0.2, 0.25) is 0 Å². The first kappa shape index (κ1) is 13.4. The van der Waals surface area contributed by atoms with Crippen LogP contribution in [0, 0.1) is 0 Å². The van der Waals surface area contributed by atoms with E-state index in [-0.39, 0.29) is 0 Å². The number of benzene rings is 1. The Balaban J connectivity index is 2.38. The maximum atomic E-state index is 10.2. The predicted molar refractivity (Wildman–Crippen MR) is 72.2 cm³/mol. The first-order valence-electron chi connectivity index (χ1n) is 5.01. The highest BCUT2D eigenvalue weighted by molar-refractivity contribution is 9.10. The van der Waals surface area contributed by atoms with Crippen molar-refractivity contribution in [3.8, 4) is 0 Å². The van der Waals surface area contributed by atoms with Crippen molar-refractivity contribution in [1.29, 1.82) is 0 Å². The van der Waals surface area contributed by atoms with Gasteiger partial charge in [-0.15, -0.1) is 0 Å². The van der Waals surface area contributed by atoms with E-state index in [9.17, 15) is 4.79 Å². The van der Waals surface area contributed by atoms with E-state index < -0.39 is 6.09 Å². The molecule has 5 nitrogen and oxygen atoms in total. The molecule has 92 valence electrons. The number of carboxylic acid groups (broad SMARTS) is 1. The number of para-hydroxylation sites is 1. The van der Waals surface area contributed by atoms with E-state index in [0.717, 1.165) is 10.2 Å². The number of nitrogens with one attached hydrogen (secondary N) is 2. The van der Waals surface area contributed by atoms with Crippen LogP contribution >= 0.6 is 15.9 Å². The highest BCUT2D eigenvalue weighted by Crippen LogP contribution is 2.27. The Labute approximate surface area is 108 Å². The predicted octanol–water partition coefficient (Wildman–Crippen LogP) is 2.27. The molecule has 0 aromatic heterocycles. The number of hydrogen-bond donors (Lipinski definition) is 4. The van der Waals surface area contributed by atoms with Crippen molar-refractivity contribution in [2.24, 2.45) is 0 Å². The number of nitrogen functional groups attached to an aromatic ring is 1. The van der Waals surface area contributed by atoms with Gasteiger partial charge in [-0.25, -0.2) is 4.79 Å². The van der Waals surface area contributed by atoms with Crippen molar-refractivity contribution >= 4 is 33.4 Å². The van der Waals surface area contributed by atoms with Gasteiger partial charge in [-0.05, 0) is 28.1 Å². The molecule has 0 aliphatic carbocycles. The van der Waals surface area contributed by atoms with Crippen LogP contribution in [-0.2, 0) is 0 Å². The summed E-state index contributed by atoms with van der Waals surface area (Å²) in [6.07, 6.45) is 2.53. The van der Waals surface area contributed by atoms with E-state index in [1.807, 2.05) is 24.3 Å². The minimum absolute atomic E-state index is 0.294. The molecule has 0 bridgehead atoms. The standard InChI is InChI=1S/C11H14BrN3O2/c12-8-4-3-5-9(13)10(8)14-6-1-2-7-15-11(16)17/h1-5,14-15H,6-7,13H2,(H,16,17). The van der Waals surface area contributed by atoms with Crippen LogP contribution in [0.3, 0.4) is 0 Å². The lowest BCUT2D eigenvalue weighted by molar-refractivity contribution is 0.195. The molecule has 0 atom stereocenters. The van der Waals surface area contributed by atoms with Gasteiger partial charge in [0.25, 0.3) is 0 Å². The maximum absolute atomic E-state index is 10.2. The molecular weight excluding hydrogens is 286 g/mol. The lowest BCUT2D eigenvalue weighted by Crippen LogP contribution is -2.20. The fourth-order valence-corrected chi connectivity index (χ4v) is 1.72. The normalized spacial score (nSPS) is 10.4. The largest absolute Gasteiger partial charge is 0.465 e. The summed E-state index contributed by atoms with van der Waals surface area (Å²) in [5.74, 6) is 0. The third-order valence-corrected chi connectivity index (χ3v) is 2.64. The molecule has 0 saturated heterocycles. The van der Waals surface area contributed by atoms with E-state index in [4.69, 9.17) is 10.8 Å². The summed E-state index contributed by atoms with van der Waals surface area (Å²) >= 11 is 3.39. The number of rotatable bonds is 5. The second kappa shape index (κ2) is 6.80. The average molecular weight is 300 g/mol. The summed E-state index contributed by atoms with van der Waals surface area (Å²) < 4.78 is 0.898. The van der Waals surface area contributed by atoms with E-state index in [0.29, 0.717) is 18.8 Å². The van der Waals surface area contributed by atoms with Crippen LogP contribution in [0.4, 0.5) is 16.2 Å². The van der Waals surface area contributed by atoms with Crippen LogP contribution in [0.2, 0.25) is 0 Å². The molecule has 0 aliphatic heterocycles. The quantitative estimate of drug-likeness (QED) is 0.496. The third kappa shape index (κ3) is 4.78. The fraction of sp³-hybridized carbons (Fsp3) is 0.182. The Hall–Kier alpha value is -1.69. The molecule has 0 aliphatic rings. The third-order valence-electron chi connectivity index (χ3n) is 1.98. The zero-order valence-electron chi connectivity index (χ0n) is 9.11. The topological polar surface area (TPSA) is 87.4 Å². The van der Waals surface area contributed by atoms with E-state index in [1.165, 1.54) is 0 Å². The van der Waals surface area contributed by atoms with Crippen molar-refractivity contribution in [2.45, 2.75) is 0 Å². The summed E-state index contributed by atoms with van der Waals surface area (Å²) in [6, 6.07) is 5.56. The van der Waals surface area contributed by atoms with Gasteiger partial charge >= 0.3 is 6.09 Å². The summed E-state index contributed by atoms with van der Waals surface area (Å²) in [5.41, 5.74) is 7.30. The van der Waals surface area contributed by atoms with Crippen LogP contribution in [0.25, 0.3) is 0 Å². The summed E-state index contributed by atoms with van der Waals surface area (Å²) in [4.78, 5) is 10.2. The van der Waals surface area contributed by atoms with Crippen molar-refractivity contribution in [2.75, 3.05) is 24.1 Å². The van der Waals surface area contributed by atoms with Gasteiger partial charge in [-0.1, -0.05) is 18.2 Å². The Kier molecular flexibility index (Phi) is 5.35. The van der Waals surface area contributed by atoms with Crippen molar-refractivity contribution in [3.63, 3.8) is 0 Å². The van der Waals surface area contributed by atoms with Gasteiger partial charge in [-0.2, -0.15) is 0 Å². The first-order chi connectivity index (χ1) is 8.11. The van der Waals surface area contributed by atoms with Gasteiger partial charge in [0.1, 0.15) is 0 Å². The second-order valence-corrected chi connectivity index (χ2v) is 4.10. The van der Waals surface area contributed by atoms with Crippen LogP contribution < -0.4 is 16.4 Å². The SMILES string of the molecule is Nc1cccc(Br)c1NCC=CCNC(=O)O. The zero-order chi connectivity index (χ0) is 12.7. The van der Waals surface area contributed by atoms with Crippen LogP contribution in [0.1, 0.15) is 0 Å². The monoisotopic (exact) mass is 299 g/mol. The molecule has 0 unspecified atom stereocenters. The van der Waals surface area contributed by atoms with Gasteiger partial charge in [0.15, 0.2) is 0 Å². The van der Waals surface area contributed by atoms with Crippen LogP contribution in [-0.4, -0.2) is 24.3 Å². The fourth-order valence-electron chi connectivity index (χ4n) is 1.20. The molecule has 5 N–H and O–H groups in total. The molecule has 0 radical (unpaired) electrons. The lowest BCUT2D eigenvalue weighted by Gasteiger charge is -2.09. The molecule has 17 heavy (non-hydrogen) atoms. The molecule has 0 saturated carbocycles. The molecular formula is C11H14BrN3O2. The number of carbonyl (C=O) groups is 1. The number of nitrogens with two attached hydrogens (primary N) is 1. The Bertz CT molecular complexity index is 401. The molecule has 1 rings (SSSR count). The van der Waals surface area contributed by atoms with Gasteiger partial charge in [0, 0.05) is 17.6 Å².